The summed E-state index contributed by atoms with van der Waals surface area (Å²) in [6, 6.07) is 11.9. The van der Waals surface area contributed by atoms with Gasteiger partial charge in [-0.2, -0.15) is 5.10 Å². The van der Waals surface area contributed by atoms with E-state index in [0.29, 0.717) is 27.9 Å². The number of carbonyl (C=O) groups excluding carboxylic acids is 1. The average Bonchev–Trinajstić information content (AvgIpc) is 3.16. The zero-order valence-electron chi connectivity index (χ0n) is 14.9. The molecule has 1 amide bonds. The van der Waals surface area contributed by atoms with E-state index in [9.17, 15) is 14.9 Å². The van der Waals surface area contributed by atoms with Gasteiger partial charge < -0.3 is 9.15 Å². The Balaban J connectivity index is 1.76. The third-order valence-corrected chi connectivity index (χ3v) is 4.37. The molecule has 0 saturated heterocycles. The van der Waals surface area contributed by atoms with Crippen molar-refractivity contribution in [2.24, 2.45) is 5.10 Å². The number of nitro benzene ring substituents is 1. The monoisotopic (exact) mass is 433 g/mol. The lowest BCUT2D eigenvalue weighted by Gasteiger charge is -2.05. The summed E-state index contributed by atoms with van der Waals surface area (Å²) in [5.74, 6) is 0.560. The third-order valence-electron chi connectivity index (χ3n) is 3.82. The van der Waals surface area contributed by atoms with Gasteiger partial charge in [0.25, 0.3) is 11.6 Å². The van der Waals surface area contributed by atoms with Gasteiger partial charge in [0.05, 0.1) is 34.4 Å². The van der Waals surface area contributed by atoms with Gasteiger partial charge in [-0.1, -0.05) is 23.2 Å². The maximum absolute atomic E-state index is 12.1. The number of halogens is 2. The van der Waals surface area contributed by atoms with Crippen LogP contribution in [0.4, 0.5) is 5.69 Å². The van der Waals surface area contributed by atoms with Crippen LogP contribution in [-0.4, -0.2) is 24.2 Å². The minimum Gasteiger partial charge on any atom is -0.496 e. The number of carbonyl (C=O) groups is 1. The molecule has 2 aromatic carbocycles. The molecule has 0 fully saturated rings. The number of furan rings is 1. The van der Waals surface area contributed by atoms with Gasteiger partial charge in [0, 0.05) is 17.2 Å². The molecule has 0 spiro atoms. The highest BCUT2D eigenvalue weighted by molar-refractivity contribution is 6.36. The van der Waals surface area contributed by atoms with Crippen LogP contribution in [0.25, 0.3) is 11.3 Å². The summed E-state index contributed by atoms with van der Waals surface area (Å²) in [4.78, 5) is 22.6. The van der Waals surface area contributed by atoms with Gasteiger partial charge in [0.15, 0.2) is 0 Å². The Morgan fingerprint density at radius 3 is 2.69 bits per heavy atom. The number of hydrogen-bond donors (Lipinski definition) is 1. The molecule has 0 saturated carbocycles. The molecule has 3 aromatic rings. The summed E-state index contributed by atoms with van der Waals surface area (Å²) in [7, 11) is 1.45. The fraction of sp³-hybridized carbons (Fsp3) is 0.0526. The number of hydrazone groups is 1. The van der Waals surface area contributed by atoms with Crippen molar-refractivity contribution in [1.29, 1.82) is 0 Å². The van der Waals surface area contributed by atoms with Crippen molar-refractivity contribution in [2.75, 3.05) is 7.11 Å². The molecule has 3 rings (SSSR count). The van der Waals surface area contributed by atoms with Crippen molar-refractivity contribution in [1.82, 2.24) is 5.43 Å². The largest absolute Gasteiger partial charge is 0.496 e. The van der Waals surface area contributed by atoms with Crippen molar-refractivity contribution < 1.29 is 18.9 Å². The van der Waals surface area contributed by atoms with Gasteiger partial charge in [-0.05, 0) is 36.4 Å². The maximum atomic E-state index is 12.1. The van der Waals surface area contributed by atoms with Crippen LogP contribution in [0.15, 0.2) is 58.0 Å². The second-order valence-corrected chi connectivity index (χ2v) is 6.51. The van der Waals surface area contributed by atoms with Gasteiger partial charge in [-0.25, -0.2) is 5.43 Å². The summed E-state index contributed by atoms with van der Waals surface area (Å²) in [5.41, 5.74) is 2.87. The number of methoxy groups -OCH3 is 1. The Bertz CT molecular complexity index is 1110. The van der Waals surface area contributed by atoms with Gasteiger partial charge in [-0.3, -0.25) is 14.9 Å². The first-order valence-electron chi connectivity index (χ1n) is 8.10. The van der Waals surface area contributed by atoms with Crippen LogP contribution in [-0.2, 0) is 0 Å². The van der Waals surface area contributed by atoms with E-state index in [2.05, 4.69) is 10.5 Å². The summed E-state index contributed by atoms with van der Waals surface area (Å²) in [5, 5.41) is 15.4. The van der Waals surface area contributed by atoms with Crippen molar-refractivity contribution in [3.05, 3.63) is 80.0 Å². The number of ether oxygens (including phenoxy) is 1. The van der Waals surface area contributed by atoms with Gasteiger partial charge in [0.2, 0.25) is 0 Å². The number of hydrogen-bond acceptors (Lipinski definition) is 6. The van der Waals surface area contributed by atoms with Crippen LogP contribution in [0, 0.1) is 10.1 Å². The molecule has 8 nitrogen and oxygen atoms in total. The molecule has 1 N–H and O–H groups in total. The Kier molecular flexibility index (Phi) is 6.16. The zero-order valence-corrected chi connectivity index (χ0v) is 16.4. The SMILES string of the molecule is COc1ccc([N+](=O)[O-])cc1-c1ccc(/C=N\NC(=O)c2ccc(Cl)cc2Cl)o1. The van der Waals surface area contributed by atoms with Crippen LogP contribution in [0.3, 0.4) is 0 Å². The molecule has 0 aliphatic heterocycles. The average molecular weight is 434 g/mol. The summed E-state index contributed by atoms with van der Waals surface area (Å²) in [6.07, 6.45) is 1.29. The van der Waals surface area contributed by atoms with Crippen LogP contribution >= 0.6 is 23.2 Å². The first-order valence-corrected chi connectivity index (χ1v) is 8.85. The number of non-ortho nitro benzene ring substituents is 1. The normalized spacial score (nSPS) is 10.9. The van der Waals surface area contributed by atoms with Crippen LogP contribution in [0.1, 0.15) is 16.1 Å². The maximum Gasteiger partial charge on any atom is 0.272 e. The highest BCUT2D eigenvalue weighted by Gasteiger charge is 2.16. The number of nitrogens with one attached hydrogen (secondary N) is 1. The third kappa shape index (κ3) is 4.74. The Morgan fingerprint density at radius 2 is 2.00 bits per heavy atom. The van der Waals surface area contributed by atoms with Crippen molar-refractivity contribution in [2.45, 2.75) is 0 Å². The molecule has 148 valence electrons. The molecule has 1 aromatic heterocycles. The second kappa shape index (κ2) is 8.76. The molecule has 0 atom stereocenters. The quantitative estimate of drug-likeness (QED) is 0.336. The number of amides is 1. The van der Waals surface area contributed by atoms with Gasteiger partial charge in [-0.15, -0.1) is 0 Å². The van der Waals surface area contributed by atoms with E-state index in [1.54, 1.807) is 12.1 Å². The van der Waals surface area contributed by atoms with Crippen LogP contribution in [0.5, 0.6) is 5.75 Å². The highest BCUT2D eigenvalue weighted by Crippen LogP contribution is 2.34. The lowest BCUT2D eigenvalue weighted by atomic mass is 10.1. The smallest absolute Gasteiger partial charge is 0.272 e. The van der Waals surface area contributed by atoms with E-state index in [4.69, 9.17) is 32.4 Å². The van der Waals surface area contributed by atoms with Crippen molar-refractivity contribution in [3.63, 3.8) is 0 Å². The van der Waals surface area contributed by atoms with Crippen LogP contribution in [0.2, 0.25) is 10.0 Å². The van der Waals surface area contributed by atoms with E-state index in [-0.39, 0.29) is 16.3 Å². The van der Waals surface area contributed by atoms with Gasteiger partial charge in [0.1, 0.15) is 17.3 Å². The Labute approximate surface area is 174 Å². The molecule has 0 unspecified atom stereocenters. The van der Waals surface area contributed by atoms with E-state index in [1.807, 2.05) is 0 Å². The van der Waals surface area contributed by atoms with Crippen LogP contribution < -0.4 is 10.2 Å². The molecular weight excluding hydrogens is 421 g/mol. The highest BCUT2D eigenvalue weighted by atomic mass is 35.5. The predicted octanol–water partition coefficient (Wildman–Crippen LogP) is 4.93. The Morgan fingerprint density at radius 1 is 1.21 bits per heavy atom. The lowest BCUT2D eigenvalue weighted by molar-refractivity contribution is -0.384. The first-order chi connectivity index (χ1) is 13.9. The lowest BCUT2D eigenvalue weighted by Crippen LogP contribution is -2.17. The van der Waals surface area contributed by atoms with E-state index >= 15 is 0 Å². The van der Waals surface area contributed by atoms with Crippen molar-refractivity contribution >= 4 is 41.0 Å². The molecule has 0 radical (unpaired) electrons. The number of benzene rings is 2. The Hall–Kier alpha value is -3.36. The second-order valence-electron chi connectivity index (χ2n) is 5.67. The molecular formula is C19H13Cl2N3O5. The minimum absolute atomic E-state index is 0.0977. The van der Waals surface area contributed by atoms with E-state index < -0.39 is 10.8 Å². The van der Waals surface area contributed by atoms with E-state index in [1.165, 1.54) is 49.7 Å². The summed E-state index contributed by atoms with van der Waals surface area (Å²) in [6.45, 7) is 0. The van der Waals surface area contributed by atoms with Gasteiger partial charge >= 0.3 is 0 Å². The number of nitrogens with zero attached hydrogens (tertiary/aromatic N) is 2. The first kappa shape index (κ1) is 20.4. The molecule has 10 heteroatoms. The number of nitro groups is 1. The predicted molar refractivity (Wildman–Crippen MR) is 109 cm³/mol. The standard InChI is InChI=1S/C19H13Cl2N3O5/c1-28-17-6-3-12(24(26)27)9-15(17)18-7-4-13(29-18)10-22-23-19(25)14-5-2-11(20)8-16(14)21/h2-10H,1H3,(H,23,25)/b22-10-. The molecule has 0 aliphatic carbocycles. The molecule has 0 bridgehead atoms. The minimum atomic E-state index is -0.518. The molecule has 29 heavy (non-hydrogen) atoms. The number of rotatable bonds is 6. The fourth-order valence-corrected chi connectivity index (χ4v) is 2.95. The summed E-state index contributed by atoms with van der Waals surface area (Å²) < 4.78 is 10.9. The molecule has 1 heterocycles. The fourth-order valence-electron chi connectivity index (χ4n) is 2.46. The zero-order chi connectivity index (χ0) is 21.0. The topological polar surface area (TPSA) is 107 Å². The summed E-state index contributed by atoms with van der Waals surface area (Å²) >= 11 is 11.8. The molecule has 0 aliphatic rings. The van der Waals surface area contributed by atoms with Crippen molar-refractivity contribution in [3.8, 4) is 17.1 Å². The van der Waals surface area contributed by atoms with E-state index in [0.717, 1.165) is 0 Å².